The van der Waals surface area contributed by atoms with Crippen molar-refractivity contribution in [1.29, 1.82) is 0 Å². The van der Waals surface area contributed by atoms with Crippen molar-refractivity contribution in [2.75, 3.05) is 53.4 Å². The van der Waals surface area contributed by atoms with Crippen molar-refractivity contribution in [3.63, 3.8) is 0 Å². The van der Waals surface area contributed by atoms with E-state index in [-0.39, 0.29) is 5.97 Å². The second-order valence-corrected chi connectivity index (χ2v) is 5.96. The summed E-state index contributed by atoms with van der Waals surface area (Å²) in [5.74, 6) is -0.157. The Morgan fingerprint density at radius 1 is 1.30 bits per heavy atom. The van der Waals surface area contributed by atoms with Crippen LogP contribution in [0.15, 0.2) is 0 Å². The van der Waals surface area contributed by atoms with Crippen molar-refractivity contribution in [2.24, 2.45) is 0 Å². The molecule has 1 unspecified atom stereocenters. The Bertz CT molecular complexity index is 299. The number of rotatable bonds is 7. The van der Waals surface area contributed by atoms with E-state index in [1.807, 2.05) is 13.8 Å². The molecule has 0 aliphatic carbocycles. The van der Waals surface area contributed by atoms with Crippen molar-refractivity contribution in [2.45, 2.75) is 38.6 Å². The highest BCUT2D eigenvalue weighted by Crippen LogP contribution is 2.15. The fraction of sp³-hybridized carbons (Fsp3) is 0.933. The minimum absolute atomic E-state index is 0.157. The molecule has 1 aliphatic rings. The second-order valence-electron chi connectivity index (χ2n) is 5.96. The van der Waals surface area contributed by atoms with Gasteiger partial charge in [-0.2, -0.15) is 0 Å². The fourth-order valence-corrected chi connectivity index (χ4v) is 2.86. The number of nitrogens with one attached hydrogen (secondary N) is 1. The first-order chi connectivity index (χ1) is 9.51. The molecule has 1 N–H and O–H groups in total. The van der Waals surface area contributed by atoms with Gasteiger partial charge in [0.2, 0.25) is 0 Å². The van der Waals surface area contributed by atoms with Crippen molar-refractivity contribution in [1.82, 2.24) is 15.1 Å². The molecule has 0 spiro atoms. The van der Waals surface area contributed by atoms with E-state index in [1.165, 1.54) is 26.6 Å². The van der Waals surface area contributed by atoms with Crippen LogP contribution in [0.4, 0.5) is 0 Å². The van der Waals surface area contributed by atoms with E-state index in [0.717, 1.165) is 39.0 Å². The zero-order valence-electron chi connectivity index (χ0n) is 13.6. The lowest BCUT2D eigenvalue weighted by molar-refractivity contribution is -0.148. The third-order valence-electron chi connectivity index (χ3n) is 4.17. The van der Waals surface area contributed by atoms with Crippen LogP contribution in [0.5, 0.6) is 0 Å². The van der Waals surface area contributed by atoms with Crippen LogP contribution in [-0.2, 0) is 9.53 Å². The van der Waals surface area contributed by atoms with E-state index in [4.69, 9.17) is 4.74 Å². The molecule has 1 atom stereocenters. The van der Waals surface area contributed by atoms with Crippen LogP contribution in [0.2, 0.25) is 0 Å². The van der Waals surface area contributed by atoms with Gasteiger partial charge >= 0.3 is 5.97 Å². The summed E-state index contributed by atoms with van der Waals surface area (Å²) >= 11 is 0. The summed E-state index contributed by atoms with van der Waals surface area (Å²) in [5, 5.41) is 3.27. The average Bonchev–Trinajstić information content (AvgIpc) is 2.63. The van der Waals surface area contributed by atoms with Gasteiger partial charge in [-0.15, -0.1) is 0 Å². The molecule has 0 radical (unpaired) electrons. The molecule has 0 amide bonds. The average molecular weight is 285 g/mol. The summed E-state index contributed by atoms with van der Waals surface area (Å²) in [4.78, 5) is 16.8. The lowest BCUT2D eigenvalue weighted by Crippen LogP contribution is -2.50. The van der Waals surface area contributed by atoms with Gasteiger partial charge in [0.15, 0.2) is 0 Å². The maximum Gasteiger partial charge on any atom is 0.325 e. The minimum Gasteiger partial charge on any atom is -0.468 e. The monoisotopic (exact) mass is 285 g/mol. The number of carbonyl (C=O) groups excluding carboxylic acids is 1. The van der Waals surface area contributed by atoms with E-state index >= 15 is 0 Å². The normalized spacial score (nSPS) is 21.2. The van der Waals surface area contributed by atoms with E-state index in [1.54, 1.807) is 0 Å². The zero-order chi connectivity index (χ0) is 15.0. The van der Waals surface area contributed by atoms with Gasteiger partial charge in [0, 0.05) is 13.1 Å². The van der Waals surface area contributed by atoms with Crippen LogP contribution in [-0.4, -0.2) is 74.7 Å². The Kier molecular flexibility index (Phi) is 7.48. The van der Waals surface area contributed by atoms with Gasteiger partial charge in [0.25, 0.3) is 0 Å². The lowest BCUT2D eigenvalue weighted by atomic mass is 9.95. The quantitative estimate of drug-likeness (QED) is 0.706. The van der Waals surface area contributed by atoms with Crippen molar-refractivity contribution in [3.05, 3.63) is 0 Å². The number of esters is 1. The summed E-state index contributed by atoms with van der Waals surface area (Å²) in [5.41, 5.74) is -0.549. The summed E-state index contributed by atoms with van der Waals surface area (Å²) in [6.07, 6.45) is 3.07. The smallest absolute Gasteiger partial charge is 0.325 e. The third-order valence-corrected chi connectivity index (χ3v) is 4.17. The molecule has 1 aliphatic heterocycles. The number of likely N-dealkylation sites (N-methyl/N-ethyl adjacent to an activating group) is 2. The molecule has 1 fully saturated rings. The van der Waals surface area contributed by atoms with Crippen molar-refractivity contribution in [3.8, 4) is 0 Å². The Morgan fingerprint density at radius 2 is 2.05 bits per heavy atom. The summed E-state index contributed by atoms with van der Waals surface area (Å²) in [6.45, 7) is 10.4. The van der Waals surface area contributed by atoms with E-state index < -0.39 is 5.54 Å². The van der Waals surface area contributed by atoms with Crippen LogP contribution in [0.3, 0.4) is 0 Å². The van der Waals surface area contributed by atoms with Crippen LogP contribution in [0, 0.1) is 0 Å². The molecule has 0 aromatic carbocycles. The lowest BCUT2D eigenvalue weighted by Gasteiger charge is -2.29. The van der Waals surface area contributed by atoms with Crippen LogP contribution in [0.25, 0.3) is 0 Å². The van der Waals surface area contributed by atoms with Crippen molar-refractivity contribution < 1.29 is 9.53 Å². The topological polar surface area (TPSA) is 44.8 Å². The molecule has 0 aromatic heterocycles. The first-order valence-corrected chi connectivity index (χ1v) is 7.76. The molecule has 1 rings (SSSR count). The largest absolute Gasteiger partial charge is 0.468 e. The van der Waals surface area contributed by atoms with Gasteiger partial charge in [-0.1, -0.05) is 6.92 Å². The Labute approximate surface area is 123 Å². The number of nitrogens with zero attached hydrogens (tertiary/aromatic N) is 2. The highest BCUT2D eigenvalue weighted by molar-refractivity contribution is 5.80. The minimum atomic E-state index is -0.549. The molecule has 20 heavy (non-hydrogen) atoms. The molecule has 0 aromatic rings. The van der Waals surface area contributed by atoms with Gasteiger partial charge < -0.3 is 19.9 Å². The number of hydrogen-bond acceptors (Lipinski definition) is 5. The van der Waals surface area contributed by atoms with Gasteiger partial charge in [0.1, 0.15) is 5.54 Å². The molecule has 5 heteroatoms. The predicted octanol–water partition coefficient (Wildman–Crippen LogP) is 0.945. The summed E-state index contributed by atoms with van der Waals surface area (Å²) in [6, 6.07) is 0. The predicted molar refractivity (Wildman–Crippen MR) is 81.9 cm³/mol. The third kappa shape index (κ3) is 5.38. The fourth-order valence-electron chi connectivity index (χ4n) is 2.86. The SMILES string of the molecule is CCNC(C)(CCCN1CCCN(C)CC1)C(=O)OC. The first-order valence-electron chi connectivity index (χ1n) is 7.76. The first kappa shape index (κ1) is 17.4. The Hall–Kier alpha value is -0.650. The van der Waals surface area contributed by atoms with Crippen LogP contribution >= 0.6 is 0 Å². The maximum atomic E-state index is 11.9. The Balaban J connectivity index is 2.38. The standard InChI is InChI=1S/C15H31N3O2/c1-5-16-15(2,14(19)20-4)8-6-10-18-11-7-9-17(3)12-13-18/h16H,5-13H2,1-4H3. The molecule has 5 nitrogen and oxygen atoms in total. The van der Waals surface area contributed by atoms with E-state index in [0.29, 0.717) is 0 Å². The number of hydrogen-bond donors (Lipinski definition) is 1. The highest BCUT2D eigenvalue weighted by Gasteiger charge is 2.32. The molecular weight excluding hydrogens is 254 g/mol. The molecule has 0 saturated carbocycles. The van der Waals surface area contributed by atoms with Gasteiger partial charge in [-0.3, -0.25) is 4.79 Å². The Morgan fingerprint density at radius 3 is 2.70 bits per heavy atom. The van der Waals surface area contributed by atoms with Gasteiger partial charge in [-0.25, -0.2) is 0 Å². The summed E-state index contributed by atoms with van der Waals surface area (Å²) < 4.78 is 4.92. The number of methoxy groups -OCH3 is 1. The van der Waals surface area contributed by atoms with E-state index in [9.17, 15) is 4.79 Å². The maximum absolute atomic E-state index is 11.9. The molecule has 0 bridgehead atoms. The highest BCUT2D eigenvalue weighted by atomic mass is 16.5. The number of carbonyl (C=O) groups is 1. The number of ether oxygens (including phenoxy) is 1. The van der Waals surface area contributed by atoms with Gasteiger partial charge in [-0.05, 0) is 59.4 Å². The van der Waals surface area contributed by atoms with Gasteiger partial charge in [0.05, 0.1) is 7.11 Å². The molecular formula is C15H31N3O2. The second kappa shape index (κ2) is 8.60. The van der Waals surface area contributed by atoms with E-state index in [2.05, 4.69) is 22.2 Å². The molecule has 118 valence electrons. The summed E-state index contributed by atoms with van der Waals surface area (Å²) in [7, 11) is 3.64. The van der Waals surface area contributed by atoms with Crippen LogP contribution < -0.4 is 5.32 Å². The molecule has 1 heterocycles. The molecule has 1 saturated heterocycles. The zero-order valence-corrected chi connectivity index (χ0v) is 13.6. The van der Waals surface area contributed by atoms with Crippen molar-refractivity contribution >= 4 is 5.97 Å². The van der Waals surface area contributed by atoms with Crippen LogP contribution in [0.1, 0.15) is 33.1 Å².